The van der Waals surface area contributed by atoms with Crippen LogP contribution in [-0.2, 0) is 22.7 Å². The highest BCUT2D eigenvalue weighted by Crippen LogP contribution is 2.20. The van der Waals surface area contributed by atoms with Crippen LogP contribution in [0.2, 0.25) is 0 Å². The molecule has 2 aromatic rings. The maximum atomic E-state index is 13.5. The molecule has 0 aliphatic heterocycles. The highest BCUT2D eigenvalue weighted by Gasteiger charge is 2.07. The minimum absolute atomic E-state index is 0.125. The van der Waals surface area contributed by atoms with E-state index in [9.17, 15) is 9.18 Å². The van der Waals surface area contributed by atoms with Gasteiger partial charge in [0.25, 0.3) is 0 Å². The van der Waals surface area contributed by atoms with Crippen LogP contribution in [0.1, 0.15) is 11.1 Å². The van der Waals surface area contributed by atoms with Gasteiger partial charge in [0, 0.05) is 18.6 Å². The molecule has 3 nitrogen and oxygen atoms in total. The second-order valence-electron chi connectivity index (χ2n) is 4.70. The summed E-state index contributed by atoms with van der Waals surface area (Å²) in [7, 11) is 1.64. The Morgan fingerprint density at radius 3 is 2.55 bits per heavy atom. The van der Waals surface area contributed by atoms with Crippen LogP contribution in [-0.4, -0.2) is 18.8 Å². The second-order valence-corrected chi connectivity index (χ2v) is 5.71. The van der Waals surface area contributed by atoms with Crippen molar-refractivity contribution in [1.29, 1.82) is 0 Å². The third-order valence-corrected chi connectivity index (χ3v) is 4.14. The summed E-state index contributed by atoms with van der Waals surface area (Å²) in [5.41, 5.74) is 2.07. The molecule has 0 bridgehead atoms. The molecule has 1 amide bonds. The maximum Gasteiger partial charge on any atom is 0.230 e. The monoisotopic (exact) mass is 319 g/mol. The van der Waals surface area contributed by atoms with Crippen LogP contribution in [0, 0.1) is 5.82 Å². The van der Waals surface area contributed by atoms with E-state index in [0.717, 1.165) is 11.1 Å². The van der Waals surface area contributed by atoms with E-state index in [1.165, 1.54) is 17.8 Å². The average Bonchev–Trinajstić information content (AvgIpc) is 2.53. The molecular weight excluding hydrogens is 301 g/mol. The van der Waals surface area contributed by atoms with Crippen molar-refractivity contribution < 1.29 is 13.9 Å². The number of hydrogen-bond donors (Lipinski definition) is 1. The van der Waals surface area contributed by atoms with Gasteiger partial charge in [-0.3, -0.25) is 4.79 Å². The number of carbonyl (C=O) groups excluding carboxylic acids is 1. The summed E-state index contributed by atoms with van der Waals surface area (Å²) in [4.78, 5) is 12.4. The SMILES string of the molecule is COCc1ccccc1CNC(=O)CSc1ccccc1F. The molecule has 0 aromatic heterocycles. The molecule has 0 heterocycles. The number of hydrogen-bond acceptors (Lipinski definition) is 3. The maximum absolute atomic E-state index is 13.5. The van der Waals surface area contributed by atoms with E-state index >= 15 is 0 Å². The van der Waals surface area contributed by atoms with Crippen molar-refractivity contribution in [1.82, 2.24) is 5.32 Å². The lowest BCUT2D eigenvalue weighted by molar-refractivity contribution is -0.118. The predicted molar refractivity (Wildman–Crippen MR) is 86.1 cm³/mol. The highest BCUT2D eigenvalue weighted by molar-refractivity contribution is 8.00. The molecule has 0 spiro atoms. The summed E-state index contributed by atoms with van der Waals surface area (Å²) in [5.74, 6) is -0.237. The van der Waals surface area contributed by atoms with Crippen molar-refractivity contribution in [3.63, 3.8) is 0 Å². The van der Waals surface area contributed by atoms with Crippen LogP contribution in [0.25, 0.3) is 0 Å². The molecule has 0 saturated heterocycles. The van der Waals surface area contributed by atoms with Crippen molar-refractivity contribution >= 4 is 17.7 Å². The third kappa shape index (κ3) is 4.86. The van der Waals surface area contributed by atoms with Gasteiger partial charge in [-0.15, -0.1) is 11.8 Å². The first-order valence-electron chi connectivity index (χ1n) is 6.90. The first-order chi connectivity index (χ1) is 10.7. The summed E-state index contributed by atoms with van der Waals surface area (Å²) in [6.45, 7) is 0.951. The predicted octanol–water partition coefficient (Wildman–Crippen LogP) is 3.38. The highest BCUT2D eigenvalue weighted by atomic mass is 32.2. The van der Waals surface area contributed by atoms with Crippen molar-refractivity contribution in [2.45, 2.75) is 18.0 Å². The Labute approximate surface area is 133 Å². The summed E-state index contributed by atoms with van der Waals surface area (Å²) in [6.07, 6.45) is 0. The molecule has 116 valence electrons. The molecule has 2 aromatic carbocycles. The molecule has 0 aliphatic rings. The Balaban J connectivity index is 1.84. The molecule has 1 N–H and O–H groups in total. The minimum atomic E-state index is -0.300. The Morgan fingerprint density at radius 1 is 1.14 bits per heavy atom. The minimum Gasteiger partial charge on any atom is -0.380 e. The zero-order valence-corrected chi connectivity index (χ0v) is 13.2. The van der Waals surface area contributed by atoms with E-state index < -0.39 is 0 Å². The van der Waals surface area contributed by atoms with Crippen molar-refractivity contribution in [3.05, 3.63) is 65.5 Å². The topological polar surface area (TPSA) is 38.3 Å². The van der Waals surface area contributed by atoms with Gasteiger partial charge in [-0.05, 0) is 23.3 Å². The lowest BCUT2D eigenvalue weighted by Gasteiger charge is -2.10. The number of thioether (sulfide) groups is 1. The van der Waals surface area contributed by atoms with Gasteiger partial charge in [-0.25, -0.2) is 4.39 Å². The summed E-state index contributed by atoms with van der Waals surface area (Å²) >= 11 is 1.19. The van der Waals surface area contributed by atoms with E-state index in [-0.39, 0.29) is 17.5 Å². The first kappa shape index (κ1) is 16.5. The first-order valence-corrected chi connectivity index (χ1v) is 7.89. The normalized spacial score (nSPS) is 10.5. The van der Waals surface area contributed by atoms with Gasteiger partial charge in [-0.2, -0.15) is 0 Å². The van der Waals surface area contributed by atoms with E-state index in [4.69, 9.17) is 4.74 Å². The summed E-state index contributed by atoms with van der Waals surface area (Å²) in [6, 6.07) is 14.2. The molecule has 0 unspecified atom stereocenters. The van der Waals surface area contributed by atoms with Gasteiger partial charge in [0.2, 0.25) is 5.91 Å². The smallest absolute Gasteiger partial charge is 0.230 e. The zero-order valence-electron chi connectivity index (χ0n) is 12.3. The molecule has 2 rings (SSSR count). The number of methoxy groups -OCH3 is 1. The molecule has 0 fully saturated rings. The van der Waals surface area contributed by atoms with Crippen LogP contribution >= 0.6 is 11.8 Å². The van der Waals surface area contributed by atoms with Crippen LogP contribution in [0.3, 0.4) is 0 Å². The lowest BCUT2D eigenvalue weighted by atomic mass is 10.1. The summed E-state index contributed by atoms with van der Waals surface area (Å²) in [5, 5.41) is 2.85. The van der Waals surface area contributed by atoms with Gasteiger partial charge in [-0.1, -0.05) is 36.4 Å². The molecule has 0 radical (unpaired) electrons. The van der Waals surface area contributed by atoms with Crippen LogP contribution < -0.4 is 5.32 Å². The van der Waals surface area contributed by atoms with E-state index in [1.807, 2.05) is 24.3 Å². The third-order valence-electron chi connectivity index (χ3n) is 3.09. The fourth-order valence-corrected chi connectivity index (χ4v) is 2.75. The number of halogens is 1. The molecule has 5 heteroatoms. The number of rotatable bonds is 7. The van der Waals surface area contributed by atoms with Crippen molar-refractivity contribution in [2.75, 3.05) is 12.9 Å². The van der Waals surface area contributed by atoms with Gasteiger partial charge < -0.3 is 10.1 Å². The number of ether oxygens (including phenoxy) is 1. The number of nitrogens with one attached hydrogen (secondary N) is 1. The zero-order chi connectivity index (χ0) is 15.8. The van der Waals surface area contributed by atoms with E-state index in [0.29, 0.717) is 18.0 Å². The van der Waals surface area contributed by atoms with E-state index in [1.54, 1.807) is 25.3 Å². The quantitative estimate of drug-likeness (QED) is 0.795. The van der Waals surface area contributed by atoms with Crippen LogP contribution in [0.4, 0.5) is 4.39 Å². The Bertz CT molecular complexity index is 634. The van der Waals surface area contributed by atoms with Crippen LogP contribution in [0.15, 0.2) is 53.4 Å². The fraction of sp³-hybridized carbons (Fsp3) is 0.235. The summed E-state index contributed by atoms with van der Waals surface area (Å²) < 4.78 is 18.6. The van der Waals surface area contributed by atoms with Gasteiger partial charge >= 0.3 is 0 Å². The van der Waals surface area contributed by atoms with Gasteiger partial charge in [0.05, 0.1) is 12.4 Å². The molecule has 0 atom stereocenters. The standard InChI is InChI=1S/C17H18FNO2S/c1-21-11-14-7-3-2-6-13(14)10-19-17(20)12-22-16-9-5-4-8-15(16)18/h2-9H,10-12H2,1H3,(H,19,20). The Kier molecular flexibility index (Phi) is 6.43. The van der Waals surface area contributed by atoms with Gasteiger partial charge in [0.15, 0.2) is 0 Å². The van der Waals surface area contributed by atoms with Gasteiger partial charge in [0.1, 0.15) is 5.82 Å². The van der Waals surface area contributed by atoms with Crippen molar-refractivity contribution in [3.8, 4) is 0 Å². The number of carbonyl (C=O) groups is 1. The second kappa shape index (κ2) is 8.56. The fourth-order valence-electron chi connectivity index (χ4n) is 1.98. The molecular formula is C17H18FNO2S. The largest absolute Gasteiger partial charge is 0.380 e. The molecule has 22 heavy (non-hydrogen) atoms. The lowest BCUT2D eigenvalue weighted by Crippen LogP contribution is -2.25. The van der Waals surface area contributed by atoms with E-state index in [2.05, 4.69) is 5.32 Å². The molecule has 0 saturated carbocycles. The van der Waals surface area contributed by atoms with Crippen LogP contribution in [0.5, 0.6) is 0 Å². The Hall–Kier alpha value is -1.85. The molecule has 0 aliphatic carbocycles. The number of amides is 1. The van der Waals surface area contributed by atoms with Crippen molar-refractivity contribution in [2.24, 2.45) is 0 Å². The Morgan fingerprint density at radius 2 is 1.82 bits per heavy atom. The average molecular weight is 319 g/mol. The number of benzene rings is 2.